The quantitative estimate of drug-likeness (QED) is 0.190. The van der Waals surface area contributed by atoms with E-state index < -0.39 is 69.1 Å². The number of phenolic OH excluding ortho intramolecular Hbond substituents is 1. The first-order valence-electron chi connectivity index (χ1n) is 12.9. The number of aromatic nitrogens is 2. The molecule has 1 aliphatic carbocycles. The van der Waals surface area contributed by atoms with Crippen molar-refractivity contribution in [1.29, 1.82) is 0 Å². The van der Waals surface area contributed by atoms with Gasteiger partial charge in [-0.1, -0.05) is 19.3 Å². The van der Waals surface area contributed by atoms with Crippen molar-refractivity contribution in [1.82, 2.24) is 20.0 Å². The van der Waals surface area contributed by atoms with Crippen LogP contribution >= 0.6 is 0 Å². The molecule has 1 saturated carbocycles. The Balaban J connectivity index is 1.59. The van der Waals surface area contributed by atoms with Gasteiger partial charge in [0.1, 0.15) is 21.6 Å². The Labute approximate surface area is 239 Å². The van der Waals surface area contributed by atoms with E-state index in [1.54, 1.807) is 6.20 Å². The van der Waals surface area contributed by atoms with E-state index >= 15 is 0 Å². The molecule has 1 atom stereocenters. The van der Waals surface area contributed by atoms with Gasteiger partial charge in [0.25, 0.3) is 5.91 Å². The van der Waals surface area contributed by atoms with Crippen molar-refractivity contribution < 1.29 is 40.9 Å². The molecule has 1 unspecified atom stereocenters. The minimum absolute atomic E-state index is 0.0622. The van der Waals surface area contributed by atoms with Crippen LogP contribution in [0.25, 0.3) is 0 Å². The number of aromatic hydroxyl groups is 1. The fourth-order valence-electron chi connectivity index (χ4n) is 4.60. The monoisotopic (exact) mass is 611 g/mol. The van der Waals surface area contributed by atoms with Gasteiger partial charge < -0.3 is 15.3 Å². The van der Waals surface area contributed by atoms with Crippen LogP contribution in [0.2, 0.25) is 0 Å². The number of nitrogens with one attached hydrogen (secondary N) is 2. The number of phenols is 1. The Morgan fingerprint density at radius 1 is 0.976 bits per heavy atom. The van der Waals surface area contributed by atoms with Crippen molar-refractivity contribution in [3.63, 3.8) is 0 Å². The highest BCUT2D eigenvalue weighted by Gasteiger charge is 2.30. The molecule has 0 aliphatic heterocycles. The van der Waals surface area contributed by atoms with E-state index in [0.717, 1.165) is 48.8 Å². The van der Waals surface area contributed by atoms with Crippen molar-refractivity contribution in [2.24, 2.45) is 0 Å². The summed E-state index contributed by atoms with van der Waals surface area (Å²) in [6.45, 7) is -1.12. The molecule has 0 bridgehead atoms. The van der Waals surface area contributed by atoms with Gasteiger partial charge in [-0.2, -0.15) is 0 Å². The number of carbonyl (C=O) groups excluding carboxylic acids is 2. The van der Waals surface area contributed by atoms with Crippen molar-refractivity contribution in [2.75, 3.05) is 18.5 Å². The van der Waals surface area contributed by atoms with Gasteiger partial charge in [-0.25, -0.2) is 30.9 Å². The van der Waals surface area contributed by atoms with Crippen molar-refractivity contribution in [3.05, 3.63) is 76.6 Å². The molecule has 1 heterocycles. The third kappa shape index (κ3) is 6.57. The maximum Gasteiger partial charge on any atom is 0.254 e. The van der Waals surface area contributed by atoms with Gasteiger partial charge in [-0.3, -0.25) is 19.6 Å². The predicted octanol–water partition coefficient (Wildman–Crippen LogP) is 4.13. The lowest BCUT2D eigenvalue weighted by Gasteiger charge is -2.24. The molecule has 0 saturated heterocycles. The maximum atomic E-state index is 14.1. The summed E-state index contributed by atoms with van der Waals surface area (Å²) in [7, 11) is -1.66. The van der Waals surface area contributed by atoms with E-state index in [1.807, 2.05) is 4.72 Å². The lowest BCUT2D eigenvalue weighted by Crippen LogP contribution is -2.39. The zero-order valence-electron chi connectivity index (χ0n) is 22.2. The molecule has 2 aromatic carbocycles. The Morgan fingerprint density at radius 2 is 1.62 bits per heavy atom. The summed E-state index contributed by atoms with van der Waals surface area (Å²) in [5.74, 6) is -13.3. The van der Waals surface area contributed by atoms with Crippen LogP contribution in [-0.2, 0) is 22.3 Å². The normalized spacial score (nSPS) is 14.4. The summed E-state index contributed by atoms with van der Waals surface area (Å²) in [4.78, 5) is 33.5. The van der Waals surface area contributed by atoms with Gasteiger partial charge in [0.05, 0.1) is 36.2 Å². The van der Waals surface area contributed by atoms with E-state index in [2.05, 4.69) is 15.3 Å². The number of hydrogen-bond donors (Lipinski definition) is 3. The average Bonchev–Trinajstić information content (AvgIpc) is 3.01. The molecule has 1 fully saturated rings. The van der Waals surface area contributed by atoms with Gasteiger partial charge in [-0.05, 0) is 25.0 Å². The van der Waals surface area contributed by atoms with Crippen LogP contribution in [0.15, 0.2) is 35.5 Å². The number of nitrogens with zero attached hydrogens (tertiary/aromatic N) is 3. The van der Waals surface area contributed by atoms with Gasteiger partial charge in [0.2, 0.25) is 11.7 Å². The Hall–Kier alpha value is -3.98. The topological polar surface area (TPSA) is 125 Å². The van der Waals surface area contributed by atoms with Crippen LogP contribution in [0, 0.1) is 29.1 Å². The average molecular weight is 612 g/mol. The number of rotatable bonds is 9. The smallest absolute Gasteiger partial charge is 0.254 e. The van der Waals surface area contributed by atoms with Crippen molar-refractivity contribution in [3.8, 4) is 5.75 Å². The molecule has 9 nitrogen and oxygen atoms in total. The molecule has 1 aliphatic rings. The molecule has 224 valence electrons. The summed E-state index contributed by atoms with van der Waals surface area (Å²) in [6.07, 6.45) is 8.40. The Kier molecular flexibility index (Phi) is 9.83. The van der Waals surface area contributed by atoms with Crippen LogP contribution in [0.3, 0.4) is 0 Å². The Bertz CT molecular complexity index is 1490. The predicted molar refractivity (Wildman–Crippen MR) is 141 cm³/mol. The van der Waals surface area contributed by atoms with Gasteiger partial charge in [-0.15, -0.1) is 0 Å². The second kappa shape index (κ2) is 13.3. The van der Waals surface area contributed by atoms with Gasteiger partial charge >= 0.3 is 0 Å². The molecule has 4 rings (SSSR count). The second-order valence-electron chi connectivity index (χ2n) is 9.52. The minimum Gasteiger partial charge on any atom is -0.507 e. The summed E-state index contributed by atoms with van der Waals surface area (Å²) in [5.41, 5.74) is 1.10. The van der Waals surface area contributed by atoms with Crippen molar-refractivity contribution in [2.45, 2.75) is 49.5 Å². The second-order valence-corrected chi connectivity index (χ2v) is 10.8. The molecule has 2 amide bonds. The molecule has 42 heavy (non-hydrogen) atoms. The molecular formula is C27H26F5N5O4S. The third-order valence-corrected chi connectivity index (χ3v) is 7.98. The lowest BCUT2D eigenvalue weighted by molar-refractivity contribution is -0.117. The van der Waals surface area contributed by atoms with Crippen LogP contribution in [0.4, 0.5) is 27.6 Å². The summed E-state index contributed by atoms with van der Waals surface area (Å²) >= 11 is 0. The SMILES string of the molecule is CNC(=O)c1ccc(N(Cc2cnc(C3CCCCC3)cn2)C(=O)CNS(=O)c2c(F)c(F)c(F)c(F)c2F)cc1O. The largest absolute Gasteiger partial charge is 0.507 e. The highest BCUT2D eigenvalue weighted by molar-refractivity contribution is 7.83. The maximum absolute atomic E-state index is 14.1. The van der Waals surface area contributed by atoms with Crippen LogP contribution in [-0.4, -0.2) is 44.7 Å². The molecule has 0 radical (unpaired) electrons. The first kappa shape index (κ1) is 31.0. The van der Waals surface area contributed by atoms with Gasteiger partial charge in [0.15, 0.2) is 23.3 Å². The minimum atomic E-state index is -3.02. The fraction of sp³-hybridized carbons (Fsp3) is 0.333. The zero-order valence-corrected chi connectivity index (χ0v) is 23.0. The number of carbonyl (C=O) groups is 2. The first-order chi connectivity index (χ1) is 20.0. The van der Waals surface area contributed by atoms with Gasteiger partial charge in [0, 0.05) is 30.9 Å². The van der Waals surface area contributed by atoms with E-state index in [-0.39, 0.29) is 23.7 Å². The molecule has 3 N–H and O–H groups in total. The number of benzene rings is 2. The molecule has 15 heteroatoms. The van der Waals surface area contributed by atoms with E-state index in [9.17, 15) is 40.9 Å². The summed E-state index contributed by atoms with van der Waals surface area (Å²) in [6, 6.07) is 3.71. The van der Waals surface area contributed by atoms with Crippen molar-refractivity contribution >= 4 is 28.5 Å². The van der Waals surface area contributed by atoms with E-state index in [1.165, 1.54) is 25.4 Å². The van der Waals surface area contributed by atoms with Crippen LogP contribution in [0.1, 0.15) is 59.8 Å². The standard InChI is InChI=1S/C27H26F5N5O4S/c1-33-27(40)17-8-7-16(9-19(17)38)37(13-15-10-35-18(11-34-15)14-5-3-2-4-6-14)20(39)12-36-42(41)26-24(31)22(29)21(28)23(30)25(26)32/h7-11,14,36,38H,2-6,12-13H2,1H3,(H,33,40). The molecule has 0 spiro atoms. The highest BCUT2D eigenvalue weighted by Crippen LogP contribution is 2.31. The molecular weight excluding hydrogens is 585 g/mol. The first-order valence-corrected chi connectivity index (χ1v) is 14.0. The number of anilines is 1. The summed E-state index contributed by atoms with van der Waals surface area (Å²) in [5, 5.41) is 12.8. The van der Waals surface area contributed by atoms with E-state index in [4.69, 9.17) is 0 Å². The zero-order chi connectivity index (χ0) is 30.6. The summed E-state index contributed by atoms with van der Waals surface area (Å²) < 4.78 is 83.3. The number of amides is 2. The van der Waals surface area contributed by atoms with Crippen LogP contribution in [0.5, 0.6) is 5.75 Å². The van der Waals surface area contributed by atoms with E-state index in [0.29, 0.717) is 5.69 Å². The fourth-order valence-corrected chi connectivity index (χ4v) is 5.50. The van der Waals surface area contributed by atoms with Crippen LogP contribution < -0.4 is 14.9 Å². The molecule has 3 aromatic rings. The molecule has 1 aromatic heterocycles. The Morgan fingerprint density at radius 3 is 2.19 bits per heavy atom. The highest BCUT2D eigenvalue weighted by atomic mass is 32.2. The number of hydrogen-bond acceptors (Lipinski definition) is 6. The lowest BCUT2D eigenvalue weighted by atomic mass is 9.87. The number of halogens is 5. The third-order valence-electron chi connectivity index (χ3n) is 6.84.